The molecule has 1 heterocycles. The van der Waals surface area contributed by atoms with E-state index in [1.165, 1.54) is 11.1 Å². The van der Waals surface area contributed by atoms with Gasteiger partial charge in [0.15, 0.2) is 5.96 Å². The Balaban J connectivity index is 1.50. The molecule has 0 unspecified atom stereocenters. The van der Waals surface area contributed by atoms with E-state index in [0.717, 1.165) is 43.3 Å². The van der Waals surface area contributed by atoms with Gasteiger partial charge in [-0.2, -0.15) is 5.10 Å². The first-order chi connectivity index (χ1) is 14.3. The van der Waals surface area contributed by atoms with E-state index in [1.807, 2.05) is 41.2 Å². The Bertz CT molecular complexity index is 887. The van der Waals surface area contributed by atoms with Crippen molar-refractivity contribution < 1.29 is 4.74 Å². The van der Waals surface area contributed by atoms with Gasteiger partial charge in [-0.25, -0.2) is 4.99 Å². The summed E-state index contributed by atoms with van der Waals surface area (Å²) in [5, 5.41) is 11.1. The van der Waals surface area contributed by atoms with Gasteiger partial charge in [0.05, 0.1) is 26.4 Å². The van der Waals surface area contributed by atoms with Crippen molar-refractivity contribution in [3.63, 3.8) is 0 Å². The molecule has 0 aliphatic heterocycles. The molecule has 0 bridgehead atoms. The third-order valence-electron chi connectivity index (χ3n) is 4.50. The van der Waals surface area contributed by atoms with Crippen molar-refractivity contribution in [1.29, 1.82) is 0 Å². The van der Waals surface area contributed by atoms with Crippen molar-refractivity contribution in [3.8, 4) is 5.75 Å². The van der Waals surface area contributed by atoms with Crippen LogP contribution in [0.5, 0.6) is 5.75 Å². The Morgan fingerprint density at radius 3 is 2.52 bits per heavy atom. The zero-order valence-electron chi connectivity index (χ0n) is 17.1. The van der Waals surface area contributed by atoms with Crippen LogP contribution in [0.15, 0.2) is 72.0 Å². The van der Waals surface area contributed by atoms with Gasteiger partial charge in [-0.05, 0) is 36.6 Å². The molecule has 0 saturated carbocycles. The van der Waals surface area contributed by atoms with E-state index < -0.39 is 0 Å². The lowest BCUT2D eigenvalue weighted by atomic mass is 10.1. The van der Waals surface area contributed by atoms with Crippen LogP contribution in [0.1, 0.15) is 23.6 Å². The molecule has 0 atom stereocenters. The number of benzene rings is 2. The highest BCUT2D eigenvalue weighted by molar-refractivity contribution is 5.79. The zero-order chi connectivity index (χ0) is 20.3. The maximum absolute atomic E-state index is 5.20. The lowest BCUT2D eigenvalue weighted by Crippen LogP contribution is -2.38. The summed E-state index contributed by atoms with van der Waals surface area (Å²) < 4.78 is 7.15. The predicted molar refractivity (Wildman–Crippen MR) is 117 cm³/mol. The lowest BCUT2D eigenvalue weighted by molar-refractivity contribution is 0.414. The minimum Gasteiger partial charge on any atom is -0.497 e. The molecule has 2 N–H and O–H groups in total. The third-order valence-corrected chi connectivity index (χ3v) is 4.50. The Hall–Kier alpha value is -3.28. The van der Waals surface area contributed by atoms with E-state index in [9.17, 15) is 0 Å². The summed E-state index contributed by atoms with van der Waals surface area (Å²) in [6, 6.07) is 18.5. The van der Waals surface area contributed by atoms with Gasteiger partial charge in [0.2, 0.25) is 0 Å². The smallest absolute Gasteiger partial charge is 0.191 e. The van der Waals surface area contributed by atoms with E-state index in [2.05, 4.69) is 58.1 Å². The molecule has 6 nitrogen and oxygen atoms in total. The van der Waals surface area contributed by atoms with Crippen LogP contribution in [-0.4, -0.2) is 35.9 Å². The molecule has 3 rings (SSSR count). The molecule has 29 heavy (non-hydrogen) atoms. The van der Waals surface area contributed by atoms with E-state index in [-0.39, 0.29) is 0 Å². The number of aliphatic imine (C=N–C) groups is 1. The van der Waals surface area contributed by atoms with Gasteiger partial charge in [0.25, 0.3) is 0 Å². The molecule has 0 amide bonds. The van der Waals surface area contributed by atoms with Crippen LogP contribution in [0, 0.1) is 0 Å². The zero-order valence-corrected chi connectivity index (χ0v) is 17.1. The Labute approximate surface area is 172 Å². The average Bonchev–Trinajstić information content (AvgIpc) is 3.20. The van der Waals surface area contributed by atoms with E-state index in [1.54, 1.807) is 7.11 Å². The number of hydrogen-bond acceptors (Lipinski definition) is 3. The summed E-state index contributed by atoms with van der Waals surface area (Å²) in [5.41, 5.74) is 3.59. The minimum absolute atomic E-state index is 0.590. The van der Waals surface area contributed by atoms with Crippen LogP contribution < -0.4 is 15.4 Å². The Kier molecular flexibility index (Phi) is 7.69. The maximum atomic E-state index is 5.20. The van der Waals surface area contributed by atoms with Gasteiger partial charge in [0, 0.05) is 24.8 Å². The van der Waals surface area contributed by atoms with Crippen LogP contribution in [0.4, 0.5) is 0 Å². The summed E-state index contributed by atoms with van der Waals surface area (Å²) in [4.78, 5) is 4.68. The standard InChI is InChI=1S/C23H29N5O/c1-3-24-23(25-14-13-19-9-11-22(29-2)12-10-19)26-15-21-16-27-28(18-21)17-20-7-5-4-6-8-20/h4-12,16,18H,3,13-15,17H2,1-2H3,(H2,24,25,26). The number of ether oxygens (including phenoxy) is 1. The van der Waals surface area contributed by atoms with Crippen molar-refractivity contribution in [1.82, 2.24) is 20.4 Å². The highest BCUT2D eigenvalue weighted by Gasteiger charge is 2.02. The molecule has 0 fully saturated rings. The largest absolute Gasteiger partial charge is 0.497 e. The van der Waals surface area contributed by atoms with Gasteiger partial charge < -0.3 is 15.4 Å². The molecule has 152 valence electrons. The Morgan fingerprint density at radius 2 is 1.79 bits per heavy atom. The normalized spacial score (nSPS) is 11.3. The second-order valence-corrected chi connectivity index (χ2v) is 6.75. The number of nitrogens with one attached hydrogen (secondary N) is 2. The molecular formula is C23H29N5O. The summed E-state index contributed by atoms with van der Waals surface area (Å²) in [7, 11) is 1.68. The highest BCUT2D eigenvalue weighted by atomic mass is 16.5. The van der Waals surface area contributed by atoms with Crippen LogP contribution >= 0.6 is 0 Å². The molecule has 6 heteroatoms. The highest BCUT2D eigenvalue weighted by Crippen LogP contribution is 2.11. The van der Waals surface area contributed by atoms with Crippen LogP contribution in [-0.2, 0) is 19.5 Å². The molecule has 1 aromatic heterocycles. The number of guanidine groups is 1. The van der Waals surface area contributed by atoms with E-state index in [4.69, 9.17) is 4.74 Å². The summed E-state index contributed by atoms with van der Waals surface area (Å²) >= 11 is 0. The maximum Gasteiger partial charge on any atom is 0.191 e. The number of methoxy groups -OCH3 is 1. The lowest BCUT2D eigenvalue weighted by Gasteiger charge is -2.11. The first-order valence-corrected chi connectivity index (χ1v) is 9.97. The molecule has 0 spiro atoms. The van der Waals surface area contributed by atoms with Gasteiger partial charge >= 0.3 is 0 Å². The number of hydrogen-bond donors (Lipinski definition) is 2. The molecule has 0 radical (unpaired) electrons. The van der Waals surface area contributed by atoms with Crippen molar-refractivity contribution in [2.45, 2.75) is 26.4 Å². The summed E-state index contributed by atoms with van der Waals surface area (Å²) in [5.74, 6) is 1.70. The van der Waals surface area contributed by atoms with Gasteiger partial charge in [0.1, 0.15) is 5.75 Å². The van der Waals surface area contributed by atoms with Gasteiger partial charge in [-0.3, -0.25) is 4.68 Å². The summed E-state index contributed by atoms with van der Waals surface area (Å²) in [6.45, 7) is 5.06. The number of rotatable bonds is 9. The van der Waals surface area contributed by atoms with Gasteiger partial charge in [-0.1, -0.05) is 42.5 Å². The molecule has 0 aliphatic rings. The number of aromatic nitrogens is 2. The molecular weight excluding hydrogens is 362 g/mol. The van der Waals surface area contributed by atoms with Crippen molar-refractivity contribution >= 4 is 5.96 Å². The van der Waals surface area contributed by atoms with Crippen LogP contribution in [0.3, 0.4) is 0 Å². The van der Waals surface area contributed by atoms with Crippen molar-refractivity contribution in [2.24, 2.45) is 4.99 Å². The predicted octanol–water partition coefficient (Wildman–Crippen LogP) is 3.24. The Morgan fingerprint density at radius 1 is 1.00 bits per heavy atom. The topological polar surface area (TPSA) is 63.5 Å². The van der Waals surface area contributed by atoms with Gasteiger partial charge in [-0.15, -0.1) is 0 Å². The van der Waals surface area contributed by atoms with E-state index in [0.29, 0.717) is 6.54 Å². The molecule has 2 aromatic carbocycles. The van der Waals surface area contributed by atoms with Crippen molar-refractivity contribution in [2.75, 3.05) is 20.2 Å². The third kappa shape index (κ3) is 6.68. The first kappa shape index (κ1) is 20.5. The molecule has 3 aromatic rings. The number of nitrogens with zero attached hydrogens (tertiary/aromatic N) is 3. The first-order valence-electron chi connectivity index (χ1n) is 9.97. The fourth-order valence-corrected chi connectivity index (χ4v) is 2.97. The fourth-order valence-electron chi connectivity index (χ4n) is 2.97. The second kappa shape index (κ2) is 10.9. The van der Waals surface area contributed by atoms with Crippen LogP contribution in [0.25, 0.3) is 0 Å². The van der Waals surface area contributed by atoms with Crippen molar-refractivity contribution in [3.05, 3.63) is 83.7 Å². The average molecular weight is 392 g/mol. The van der Waals surface area contributed by atoms with E-state index >= 15 is 0 Å². The quantitative estimate of drug-likeness (QED) is 0.434. The fraction of sp³-hybridized carbons (Fsp3) is 0.304. The minimum atomic E-state index is 0.590. The SMILES string of the molecule is CCNC(=NCc1cnn(Cc2ccccc2)c1)NCCc1ccc(OC)cc1. The molecule has 0 aliphatic carbocycles. The monoisotopic (exact) mass is 391 g/mol. The summed E-state index contributed by atoms with van der Waals surface area (Å²) in [6.07, 6.45) is 4.86. The molecule has 0 saturated heterocycles. The second-order valence-electron chi connectivity index (χ2n) is 6.75. The van der Waals surface area contributed by atoms with Crippen LogP contribution in [0.2, 0.25) is 0 Å².